The standard InChI is InChI=1S/C21H32N6O2/c1-21(2,3)29-20(28)26-10-11-27-17(15-26)14-24-19(27)23-13-16-6-7-18(22-12-16)25-8-4-5-9-25/h6-7,12,17H,4-5,8-11,13-15H2,1-3H3,(H,23,24). The van der Waals surface area contributed by atoms with Crippen LogP contribution in [0.15, 0.2) is 23.3 Å². The molecule has 2 fully saturated rings. The van der Waals surface area contributed by atoms with Crippen molar-refractivity contribution in [1.82, 2.24) is 20.1 Å². The third-order valence-electron chi connectivity index (χ3n) is 5.55. The highest BCUT2D eigenvalue weighted by Crippen LogP contribution is 2.20. The molecule has 0 aliphatic carbocycles. The van der Waals surface area contributed by atoms with Crippen LogP contribution in [0, 0.1) is 0 Å². The Morgan fingerprint density at radius 3 is 2.69 bits per heavy atom. The van der Waals surface area contributed by atoms with Crippen LogP contribution in [0.2, 0.25) is 0 Å². The predicted octanol–water partition coefficient (Wildman–Crippen LogP) is 2.06. The van der Waals surface area contributed by atoms with E-state index >= 15 is 0 Å². The number of amides is 1. The molecule has 0 bridgehead atoms. The molecule has 2 saturated heterocycles. The zero-order chi connectivity index (χ0) is 20.4. The van der Waals surface area contributed by atoms with Crippen molar-refractivity contribution < 1.29 is 9.53 Å². The van der Waals surface area contributed by atoms with Gasteiger partial charge in [-0.1, -0.05) is 6.07 Å². The third-order valence-corrected chi connectivity index (χ3v) is 5.55. The van der Waals surface area contributed by atoms with Crippen LogP contribution < -0.4 is 10.2 Å². The second kappa shape index (κ2) is 8.08. The Morgan fingerprint density at radius 2 is 2.00 bits per heavy atom. The summed E-state index contributed by atoms with van der Waals surface area (Å²) in [6.45, 7) is 11.4. The van der Waals surface area contributed by atoms with Gasteiger partial charge in [0.05, 0.1) is 12.6 Å². The predicted molar refractivity (Wildman–Crippen MR) is 113 cm³/mol. The molecule has 8 heteroatoms. The Hall–Kier alpha value is -2.51. The van der Waals surface area contributed by atoms with Crippen LogP contribution in [-0.2, 0) is 11.3 Å². The molecule has 158 valence electrons. The number of ether oxygens (including phenoxy) is 1. The molecule has 0 aromatic carbocycles. The summed E-state index contributed by atoms with van der Waals surface area (Å²) < 4.78 is 5.51. The number of anilines is 1. The molecule has 1 N–H and O–H groups in total. The summed E-state index contributed by atoms with van der Waals surface area (Å²) in [6, 6.07) is 4.47. The SMILES string of the molecule is CC(C)(C)OC(=O)N1CCN2C(NCc3ccc(N4CCCC4)nc3)=NCC2C1. The number of fused-ring (bicyclic) bond motifs is 1. The first kappa shape index (κ1) is 19.8. The molecule has 29 heavy (non-hydrogen) atoms. The number of pyridine rings is 1. The molecular weight excluding hydrogens is 368 g/mol. The molecule has 1 atom stereocenters. The lowest BCUT2D eigenvalue weighted by Gasteiger charge is -2.39. The summed E-state index contributed by atoms with van der Waals surface area (Å²) in [4.78, 5) is 28.0. The van der Waals surface area contributed by atoms with Crippen LogP contribution in [0.1, 0.15) is 39.2 Å². The fraction of sp³-hybridized carbons (Fsp3) is 0.667. The van der Waals surface area contributed by atoms with E-state index in [9.17, 15) is 4.79 Å². The number of aromatic nitrogens is 1. The van der Waals surface area contributed by atoms with E-state index in [0.717, 1.165) is 37.0 Å². The van der Waals surface area contributed by atoms with Gasteiger partial charge in [0.15, 0.2) is 5.96 Å². The molecule has 0 saturated carbocycles. The van der Waals surface area contributed by atoms with Crippen LogP contribution >= 0.6 is 0 Å². The lowest BCUT2D eigenvalue weighted by atomic mass is 10.2. The Balaban J connectivity index is 1.27. The largest absolute Gasteiger partial charge is 0.444 e. The van der Waals surface area contributed by atoms with Gasteiger partial charge in [-0.3, -0.25) is 4.99 Å². The molecule has 1 aromatic heterocycles. The maximum absolute atomic E-state index is 12.3. The van der Waals surface area contributed by atoms with Crippen molar-refractivity contribution in [2.24, 2.45) is 4.99 Å². The van der Waals surface area contributed by atoms with E-state index in [1.54, 1.807) is 4.90 Å². The van der Waals surface area contributed by atoms with E-state index in [0.29, 0.717) is 26.2 Å². The lowest BCUT2D eigenvalue weighted by Crippen LogP contribution is -2.57. The number of nitrogens with one attached hydrogen (secondary N) is 1. The highest BCUT2D eigenvalue weighted by atomic mass is 16.6. The van der Waals surface area contributed by atoms with E-state index in [2.05, 4.69) is 37.2 Å². The fourth-order valence-electron chi connectivity index (χ4n) is 4.06. The quantitative estimate of drug-likeness (QED) is 0.837. The van der Waals surface area contributed by atoms with Crippen molar-refractivity contribution in [3.8, 4) is 0 Å². The molecule has 3 aliphatic heterocycles. The second-order valence-electron chi connectivity index (χ2n) is 9.01. The molecule has 8 nitrogen and oxygen atoms in total. The number of piperazine rings is 1. The summed E-state index contributed by atoms with van der Waals surface area (Å²) in [5, 5.41) is 3.46. The average Bonchev–Trinajstić information content (AvgIpc) is 3.35. The highest BCUT2D eigenvalue weighted by molar-refractivity contribution is 5.82. The maximum atomic E-state index is 12.3. The van der Waals surface area contributed by atoms with Gasteiger partial charge in [-0.15, -0.1) is 0 Å². The van der Waals surface area contributed by atoms with E-state index in [1.807, 2.05) is 27.0 Å². The minimum absolute atomic E-state index is 0.217. The molecule has 4 rings (SSSR count). The summed E-state index contributed by atoms with van der Waals surface area (Å²) >= 11 is 0. The number of aliphatic imine (C=N–C) groups is 1. The van der Waals surface area contributed by atoms with Crippen LogP contribution in [0.4, 0.5) is 10.6 Å². The molecule has 1 aromatic rings. The van der Waals surface area contributed by atoms with E-state index in [-0.39, 0.29) is 12.1 Å². The Labute approximate surface area is 172 Å². The number of hydrogen-bond acceptors (Lipinski definition) is 7. The first-order valence-corrected chi connectivity index (χ1v) is 10.6. The summed E-state index contributed by atoms with van der Waals surface area (Å²) in [6.07, 6.45) is 4.23. The van der Waals surface area contributed by atoms with E-state index in [1.165, 1.54) is 12.8 Å². The zero-order valence-electron chi connectivity index (χ0n) is 17.7. The Morgan fingerprint density at radius 1 is 1.21 bits per heavy atom. The second-order valence-corrected chi connectivity index (χ2v) is 9.01. The number of hydrogen-bond donors (Lipinski definition) is 1. The van der Waals surface area contributed by atoms with E-state index < -0.39 is 5.60 Å². The van der Waals surface area contributed by atoms with E-state index in [4.69, 9.17) is 4.74 Å². The molecular formula is C21H32N6O2. The van der Waals surface area contributed by atoms with Gasteiger partial charge in [-0.05, 0) is 45.2 Å². The summed E-state index contributed by atoms with van der Waals surface area (Å²) in [5.41, 5.74) is 0.678. The third kappa shape index (κ3) is 4.74. The fourth-order valence-corrected chi connectivity index (χ4v) is 4.06. The number of rotatable bonds is 3. The van der Waals surface area contributed by atoms with Crippen molar-refractivity contribution in [3.63, 3.8) is 0 Å². The number of nitrogens with zero attached hydrogens (tertiary/aromatic N) is 5. The van der Waals surface area contributed by atoms with Gasteiger partial charge in [0, 0.05) is 45.5 Å². The topological polar surface area (TPSA) is 73.3 Å². The van der Waals surface area contributed by atoms with Crippen LogP contribution in [0.5, 0.6) is 0 Å². The van der Waals surface area contributed by atoms with Crippen molar-refractivity contribution in [2.45, 2.75) is 51.8 Å². The first-order valence-electron chi connectivity index (χ1n) is 10.6. The van der Waals surface area contributed by atoms with Crippen molar-refractivity contribution in [1.29, 1.82) is 0 Å². The molecule has 0 radical (unpaired) electrons. The van der Waals surface area contributed by atoms with Gasteiger partial charge in [-0.2, -0.15) is 0 Å². The summed E-state index contributed by atoms with van der Waals surface area (Å²) in [7, 11) is 0. The van der Waals surface area contributed by atoms with Crippen molar-refractivity contribution in [3.05, 3.63) is 23.9 Å². The number of carbonyl (C=O) groups excluding carboxylic acids is 1. The van der Waals surface area contributed by atoms with Crippen molar-refractivity contribution in [2.75, 3.05) is 44.2 Å². The lowest BCUT2D eigenvalue weighted by molar-refractivity contribution is 0.0137. The minimum Gasteiger partial charge on any atom is -0.444 e. The number of guanidine groups is 1. The maximum Gasteiger partial charge on any atom is 0.410 e. The van der Waals surface area contributed by atoms with Crippen molar-refractivity contribution >= 4 is 17.9 Å². The van der Waals surface area contributed by atoms with Gasteiger partial charge in [0.2, 0.25) is 0 Å². The average molecular weight is 401 g/mol. The molecule has 4 heterocycles. The normalized spacial score (nSPS) is 21.8. The minimum atomic E-state index is -0.467. The van der Waals surface area contributed by atoms with Crippen LogP contribution in [0.3, 0.4) is 0 Å². The van der Waals surface area contributed by atoms with Gasteiger partial charge in [0.1, 0.15) is 11.4 Å². The monoisotopic (exact) mass is 400 g/mol. The Bertz CT molecular complexity index is 751. The zero-order valence-corrected chi connectivity index (χ0v) is 17.7. The smallest absolute Gasteiger partial charge is 0.410 e. The van der Waals surface area contributed by atoms with Crippen LogP contribution in [0.25, 0.3) is 0 Å². The van der Waals surface area contributed by atoms with Gasteiger partial charge in [-0.25, -0.2) is 9.78 Å². The summed E-state index contributed by atoms with van der Waals surface area (Å²) in [5.74, 6) is 1.99. The molecule has 1 unspecified atom stereocenters. The first-order chi connectivity index (χ1) is 13.9. The van der Waals surface area contributed by atoms with Gasteiger partial charge < -0.3 is 24.8 Å². The Kier molecular flexibility index (Phi) is 5.52. The van der Waals surface area contributed by atoms with Gasteiger partial charge >= 0.3 is 6.09 Å². The van der Waals surface area contributed by atoms with Gasteiger partial charge in [0.25, 0.3) is 0 Å². The highest BCUT2D eigenvalue weighted by Gasteiger charge is 2.36. The van der Waals surface area contributed by atoms with Crippen LogP contribution in [-0.4, -0.2) is 77.7 Å². The molecule has 3 aliphatic rings. The molecule has 0 spiro atoms. The number of carbonyl (C=O) groups is 1. The molecule has 1 amide bonds.